The first-order chi connectivity index (χ1) is 5.74. The molecule has 1 nitrogen and oxygen atoms in total. The van der Waals surface area contributed by atoms with Gasteiger partial charge in [-0.15, -0.1) is 0 Å². The lowest BCUT2D eigenvalue weighted by Crippen LogP contribution is -2.10. The zero-order chi connectivity index (χ0) is 8.97. The van der Waals surface area contributed by atoms with Gasteiger partial charge in [0.05, 0.1) is 6.67 Å². The van der Waals surface area contributed by atoms with E-state index in [0.29, 0.717) is 5.56 Å². The molecule has 0 aliphatic carbocycles. The van der Waals surface area contributed by atoms with Gasteiger partial charge in [-0.3, -0.25) is 4.39 Å². The summed E-state index contributed by atoms with van der Waals surface area (Å²) >= 11 is 0. The Morgan fingerprint density at radius 3 is 2.75 bits per heavy atom. The van der Waals surface area contributed by atoms with E-state index in [4.69, 9.17) is 5.73 Å². The van der Waals surface area contributed by atoms with E-state index in [9.17, 15) is 8.78 Å². The van der Waals surface area contributed by atoms with Crippen LogP contribution in [0, 0.1) is 5.82 Å². The van der Waals surface area contributed by atoms with E-state index in [1.165, 1.54) is 12.1 Å². The van der Waals surface area contributed by atoms with E-state index in [-0.39, 0.29) is 12.2 Å². The third kappa shape index (κ3) is 2.27. The third-order valence-electron chi connectivity index (χ3n) is 1.70. The maximum atomic E-state index is 12.6. The SMILES string of the molecule is N[C@@H](CCF)c1cccc(F)c1. The van der Waals surface area contributed by atoms with Crippen LogP contribution in [-0.2, 0) is 0 Å². The summed E-state index contributed by atoms with van der Waals surface area (Å²) < 4.78 is 24.5. The standard InChI is InChI=1S/C9H11F2N/c10-5-4-9(12)7-2-1-3-8(11)6-7/h1-3,6,9H,4-5,12H2/t9-/m0/s1. The monoisotopic (exact) mass is 171 g/mol. The molecular weight excluding hydrogens is 160 g/mol. The van der Waals surface area contributed by atoms with Gasteiger partial charge in [-0.25, -0.2) is 4.39 Å². The lowest BCUT2D eigenvalue weighted by Gasteiger charge is -2.08. The normalized spacial score (nSPS) is 12.9. The Morgan fingerprint density at radius 2 is 2.17 bits per heavy atom. The van der Waals surface area contributed by atoms with Crippen LogP contribution in [0.15, 0.2) is 24.3 Å². The summed E-state index contributed by atoms with van der Waals surface area (Å²) in [6.07, 6.45) is 0.240. The molecule has 2 N–H and O–H groups in total. The molecule has 0 spiro atoms. The molecule has 0 radical (unpaired) electrons. The molecular formula is C9H11F2N. The Hall–Kier alpha value is -0.960. The summed E-state index contributed by atoms with van der Waals surface area (Å²) in [6, 6.07) is 5.55. The van der Waals surface area contributed by atoms with Crippen LogP contribution >= 0.6 is 0 Å². The second-order valence-corrected chi connectivity index (χ2v) is 2.64. The summed E-state index contributed by atoms with van der Waals surface area (Å²) in [5, 5.41) is 0. The van der Waals surface area contributed by atoms with E-state index in [1.807, 2.05) is 0 Å². The summed E-state index contributed by atoms with van der Waals surface area (Å²) in [4.78, 5) is 0. The van der Waals surface area contributed by atoms with Crippen LogP contribution in [0.25, 0.3) is 0 Å². The summed E-state index contributed by atoms with van der Waals surface area (Å²) in [5.74, 6) is -0.332. The summed E-state index contributed by atoms with van der Waals surface area (Å²) in [5.41, 5.74) is 6.21. The smallest absolute Gasteiger partial charge is 0.123 e. The van der Waals surface area contributed by atoms with Crippen molar-refractivity contribution in [2.24, 2.45) is 5.73 Å². The van der Waals surface area contributed by atoms with E-state index >= 15 is 0 Å². The second-order valence-electron chi connectivity index (χ2n) is 2.64. The third-order valence-corrected chi connectivity index (χ3v) is 1.70. The van der Waals surface area contributed by atoms with Gasteiger partial charge in [-0.1, -0.05) is 12.1 Å². The fraction of sp³-hybridized carbons (Fsp3) is 0.333. The zero-order valence-electron chi connectivity index (χ0n) is 6.63. The largest absolute Gasteiger partial charge is 0.324 e. The van der Waals surface area contributed by atoms with Crippen molar-refractivity contribution in [1.82, 2.24) is 0 Å². The first-order valence-corrected chi connectivity index (χ1v) is 3.81. The van der Waals surface area contributed by atoms with Crippen LogP contribution in [0.4, 0.5) is 8.78 Å². The van der Waals surface area contributed by atoms with Crippen LogP contribution in [0.5, 0.6) is 0 Å². The van der Waals surface area contributed by atoms with Gasteiger partial charge in [0.25, 0.3) is 0 Å². The highest BCUT2D eigenvalue weighted by Gasteiger charge is 2.05. The Kier molecular flexibility index (Phi) is 3.17. The predicted octanol–water partition coefficient (Wildman–Crippen LogP) is 2.19. The van der Waals surface area contributed by atoms with Crippen molar-refractivity contribution in [3.63, 3.8) is 0 Å². The molecule has 0 fully saturated rings. The highest BCUT2D eigenvalue weighted by molar-refractivity contribution is 5.19. The Morgan fingerprint density at radius 1 is 1.42 bits per heavy atom. The molecule has 3 heteroatoms. The molecule has 0 unspecified atom stereocenters. The van der Waals surface area contributed by atoms with Gasteiger partial charge >= 0.3 is 0 Å². The van der Waals surface area contributed by atoms with Crippen molar-refractivity contribution in [2.45, 2.75) is 12.5 Å². The number of rotatable bonds is 3. The van der Waals surface area contributed by atoms with Gasteiger partial charge in [0.1, 0.15) is 5.82 Å². The van der Waals surface area contributed by atoms with E-state index < -0.39 is 12.7 Å². The number of hydrogen-bond donors (Lipinski definition) is 1. The molecule has 0 aliphatic heterocycles. The van der Waals surface area contributed by atoms with Crippen molar-refractivity contribution in [3.05, 3.63) is 35.6 Å². The minimum atomic E-state index is -0.475. The fourth-order valence-electron chi connectivity index (χ4n) is 1.02. The molecule has 0 heterocycles. The Labute approximate surface area is 70.2 Å². The Bertz CT molecular complexity index is 250. The quantitative estimate of drug-likeness (QED) is 0.741. The van der Waals surface area contributed by atoms with Crippen LogP contribution in [0.2, 0.25) is 0 Å². The average molecular weight is 171 g/mol. The first kappa shape index (κ1) is 9.13. The molecule has 0 saturated heterocycles. The van der Waals surface area contributed by atoms with Crippen LogP contribution in [0.1, 0.15) is 18.0 Å². The van der Waals surface area contributed by atoms with E-state index in [2.05, 4.69) is 0 Å². The number of hydrogen-bond acceptors (Lipinski definition) is 1. The minimum Gasteiger partial charge on any atom is -0.324 e. The van der Waals surface area contributed by atoms with Crippen molar-refractivity contribution in [1.29, 1.82) is 0 Å². The summed E-state index contributed by atoms with van der Waals surface area (Å²) in [7, 11) is 0. The predicted molar refractivity (Wildman–Crippen MR) is 43.9 cm³/mol. The maximum Gasteiger partial charge on any atom is 0.123 e. The number of alkyl halides is 1. The van der Waals surface area contributed by atoms with Gasteiger partial charge in [0, 0.05) is 6.04 Å². The topological polar surface area (TPSA) is 26.0 Å². The number of halogens is 2. The molecule has 0 bridgehead atoms. The summed E-state index contributed by atoms with van der Waals surface area (Å²) in [6.45, 7) is -0.475. The molecule has 0 aromatic heterocycles. The lowest BCUT2D eigenvalue weighted by molar-refractivity contribution is 0.441. The van der Waals surface area contributed by atoms with Crippen molar-refractivity contribution >= 4 is 0 Å². The molecule has 0 amide bonds. The van der Waals surface area contributed by atoms with Gasteiger partial charge in [-0.05, 0) is 24.1 Å². The van der Waals surface area contributed by atoms with E-state index in [0.717, 1.165) is 0 Å². The van der Waals surface area contributed by atoms with E-state index in [1.54, 1.807) is 12.1 Å². The molecule has 1 aromatic rings. The Balaban J connectivity index is 2.73. The molecule has 1 atom stereocenters. The first-order valence-electron chi connectivity index (χ1n) is 3.81. The number of benzene rings is 1. The molecule has 0 saturated carbocycles. The molecule has 66 valence electrons. The van der Waals surface area contributed by atoms with Gasteiger partial charge in [0.15, 0.2) is 0 Å². The van der Waals surface area contributed by atoms with Crippen molar-refractivity contribution in [3.8, 4) is 0 Å². The van der Waals surface area contributed by atoms with Crippen molar-refractivity contribution in [2.75, 3.05) is 6.67 Å². The van der Waals surface area contributed by atoms with Crippen molar-refractivity contribution < 1.29 is 8.78 Å². The maximum absolute atomic E-state index is 12.6. The minimum absolute atomic E-state index is 0.240. The van der Waals surface area contributed by atoms with Gasteiger partial charge < -0.3 is 5.73 Å². The second kappa shape index (κ2) is 4.16. The number of nitrogens with two attached hydrogens (primary N) is 1. The molecule has 1 rings (SSSR count). The zero-order valence-corrected chi connectivity index (χ0v) is 6.63. The van der Waals surface area contributed by atoms with Gasteiger partial charge in [-0.2, -0.15) is 0 Å². The van der Waals surface area contributed by atoms with Crippen LogP contribution < -0.4 is 5.73 Å². The molecule has 0 aliphatic rings. The highest BCUT2D eigenvalue weighted by atomic mass is 19.1. The van der Waals surface area contributed by atoms with Gasteiger partial charge in [0.2, 0.25) is 0 Å². The fourth-order valence-corrected chi connectivity index (χ4v) is 1.02. The van der Waals surface area contributed by atoms with Crippen LogP contribution in [0.3, 0.4) is 0 Å². The molecule has 1 aromatic carbocycles. The molecule has 12 heavy (non-hydrogen) atoms. The van der Waals surface area contributed by atoms with Crippen LogP contribution in [-0.4, -0.2) is 6.67 Å². The highest BCUT2D eigenvalue weighted by Crippen LogP contribution is 2.14. The average Bonchev–Trinajstić information content (AvgIpc) is 2.05. The lowest BCUT2D eigenvalue weighted by atomic mass is 10.1.